The number of fused-ring (bicyclic) bond motifs is 7. The molecule has 7 heteroatoms. The molecule has 0 aliphatic heterocycles. The molecule has 0 bridgehead atoms. The minimum absolute atomic E-state index is 0.627. The van der Waals surface area contributed by atoms with Gasteiger partial charge in [-0.15, -0.1) is 22.7 Å². The molecule has 59 heavy (non-hydrogen) atoms. The molecule has 8 aromatic carbocycles. The number of benzene rings is 8. The van der Waals surface area contributed by atoms with E-state index in [1.165, 1.54) is 30.4 Å². The molecule has 0 saturated heterocycles. The first-order valence-corrected chi connectivity index (χ1v) is 21.2. The third-order valence-corrected chi connectivity index (χ3v) is 13.4. The maximum atomic E-state index is 5.33. The lowest BCUT2D eigenvalue weighted by Crippen LogP contribution is -2.01. The van der Waals surface area contributed by atoms with Crippen molar-refractivity contribution in [1.29, 1.82) is 0 Å². The molecule has 0 fully saturated rings. The monoisotopic (exact) mass is 789 g/mol. The van der Waals surface area contributed by atoms with E-state index in [0.29, 0.717) is 17.5 Å². The normalized spacial score (nSPS) is 11.7. The molecule has 0 spiro atoms. The number of nitrogens with zero attached hydrogens (tertiary/aromatic N) is 5. The second-order valence-electron chi connectivity index (χ2n) is 14.6. The van der Waals surface area contributed by atoms with Crippen molar-refractivity contribution in [1.82, 2.24) is 24.5 Å². The van der Waals surface area contributed by atoms with E-state index in [4.69, 9.17) is 19.9 Å². The number of imidazole rings is 1. The van der Waals surface area contributed by atoms with Crippen molar-refractivity contribution in [2.45, 2.75) is 0 Å². The fraction of sp³-hybridized carbons (Fsp3) is 0. The van der Waals surface area contributed by atoms with Gasteiger partial charge in [0, 0.05) is 68.3 Å². The van der Waals surface area contributed by atoms with E-state index in [9.17, 15) is 0 Å². The SMILES string of the molecule is c1ccc(-c2nc(-c3cccc(-c4cccc5c4sc4ccccc45)c3)nc(-c3cccc4sc5cccc(-c6nc7ccccc7n6-c6ccccc6)c5c34)n2)cc1. The fourth-order valence-electron chi connectivity index (χ4n) is 8.43. The summed E-state index contributed by atoms with van der Waals surface area (Å²) in [6, 6.07) is 66.0. The second-order valence-corrected chi connectivity index (χ2v) is 16.7. The zero-order valence-electron chi connectivity index (χ0n) is 31.5. The quantitative estimate of drug-likeness (QED) is 0.168. The third kappa shape index (κ3) is 5.58. The Morgan fingerprint density at radius 2 is 0.949 bits per heavy atom. The van der Waals surface area contributed by atoms with E-state index in [1.54, 1.807) is 11.3 Å². The maximum Gasteiger partial charge on any atom is 0.164 e. The summed E-state index contributed by atoms with van der Waals surface area (Å²) in [4.78, 5) is 21.0. The van der Waals surface area contributed by atoms with Crippen molar-refractivity contribution in [3.8, 4) is 62.4 Å². The highest BCUT2D eigenvalue weighted by atomic mass is 32.1. The Morgan fingerprint density at radius 3 is 1.80 bits per heavy atom. The largest absolute Gasteiger partial charge is 0.292 e. The number of hydrogen-bond donors (Lipinski definition) is 0. The minimum atomic E-state index is 0.627. The van der Waals surface area contributed by atoms with Crippen LogP contribution in [-0.2, 0) is 0 Å². The molecule has 4 heterocycles. The lowest BCUT2D eigenvalue weighted by molar-refractivity contribution is 1.08. The fourth-order valence-corrected chi connectivity index (χ4v) is 10.8. The minimum Gasteiger partial charge on any atom is -0.292 e. The van der Waals surface area contributed by atoms with Crippen molar-refractivity contribution in [3.05, 3.63) is 188 Å². The van der Waals surface area contributed by atoms with E-state index < -0.39 is 0 Å². The van der Waals surface area contributed by atoms with Gasteiger partial charge in [-0.25, -0.2) is 19.9 Å². The molecule has 0 radical (unpaired) electrons. The van der Waals surface area contributed by atoms with Gasteiger partial charge in [-0.3, -0.25) is 4.57 Å². The number of para-hydroxylation sites is 3. The number of aromatic nitrogens is 5. The summed E-state index contributed by atoms with van der Waals surface area (Å²) in [6.07, 6.45) is 0. The highest BCUT2D eigenvalue weighted by Gasteiger charge is 2.22. The van der Waals surface area contributed by atoms with Gasteiger partial charge in [-0.1, -0.05) is 140 Å². The molecule has 0 N–H and O–H groups in total. The average Bonchev–Trinajstić information content (AvgIpc) is 4.01. The predicted octanol–water partition coefficient (Wildman–Crippen LogP) is 14.3. The molecule has 12 aromatic rings. The van der Waals surface area contributed by atoms with Crippen LogP contribution in [-0.4, -0.2) is 24.5 Å². The van der Waals surface area contributed by atoms with Gasteiger partial charge in [0.25, 0.3) is 0 Å². The zero-order chi connectivity index (χ0) is 38.9. The van der Waals surface area contributed by atoms with E-state index in [2.05, 4.69) is 174 Å². The van der Waals surface area contributed by atoms with Crippen LogP contribution in [0.5, 0.6) is 0 Å². The highest BCUT2D eigenvalue weighted by molar-refractivity contribution is 7.26. The summed E-state index contributed by atoms with van der Waals surface area (Å²) in [5.41, 5.74) is 9.27. The van der Waals surface area contributed by atoms with Gasteiger partial charge < -0.3 is 0 Å². The lowest BCUT2D eigenvalue weighted by atomic mass is 10.00. The zero-order valence-corrected chi connectivity index (χ0v) is 33.1. The summed E-state index contributed by atoms with van der Waals surface area (Å²) in [7, 11) is 0. The van der Waals surface area contributed by atoms with Crippen LogP contribution in [0.4, 0.5) is 0 Å². The molecule has 0 amide bonds. The van der Waals surface area contributed by atoms with Crippen LogP contribution in [0.3, 0.4) is 0 Å². The van der Waals surface area contributed by atoms with Crippen molar-refractivity contribution < 1.29 is 0 Å². The smallest absolute Gasteiger partial charge is 0.164 e. The predicted molar refractivity (Wildman–Crippen MR) is 247 cm³/mol. The van der Waals surface area contributed by atoms with Crippen LogP contribution >= 0.6 is 22.7 Å². The first-order valence-electron chi connectivity index (χ1n) is 19.6. The summed E-state index contributed by atoms with van der Waals surface area (Å²) < 4.78 is 7.18. The number of hydrogen-bond acceptors (Lipinski definition) is 6. The number of rotatable bonds is 6. The third-order valence-electron chi connectivity index (χ3n) is 11.1. The maximum absolute atomic E-state index is 5.33. The van der Waals surface area contributed by atoms with Gasteiger partial charge in [0.15, 0.2) is 17.5 Å². The number of thiophene rings is 2. The van der Waals surface area contributed by atoms with Gasteiger partial charge in [0.05, 0.1) is 11.0 Å². The van der Waals surface area contributed by atoms with E-state index in [-0.39, 0.29) is 0 Å². The Bertz CT molecular complexity index is 3570. The van der Waals surface area contributed by atoms with Gasteiger partial charge in [0.2, 0.25) is 0 Å². The van der Waals surface area contributed by atoms with E-state index in [1.807, 2.05) is 29.5 Å². The van der Waals surface area contributed by atoms with Crippen LogP contribution in [0.25, 0.3) is 114 Å². The van der Waals surface area contributed by atoms with Crippen LogP contribution in [0, 0.1) is 0 Å². The van der Waals surface area contributed by atoms with Crippen LogP contribution < -0.4 is 0 Å². The molecular formula is C52H31N5S2. The van der Waals surface area contributed by atoms with Crippen molar-refractivity contribution in [2.24, 2.45) is 0 Å². The summed E-state index contributed by atoms with van der Waals surface area (Å²) in [5.74, 6) is 2.78. The molecule has 12 rings (SSSR count). The van der Waals surface area contributed by atoms with Gasteiger partial charge in [0.1, 0.15) is 5.82 Å². The molecule has 0 aliphatic carbocycles. The molecule has 5 nitrogen and oxygen atoms in total. The molecule has 276 valence electrons. The molecular weight excluding hydrogens is 759 g/mol. The Hall–Kier alpha value is -7.32. The van der Waals surface area contributed by atoms with Crippen molar-refractivity contribution in [2.75, 3.05) is 0 Å². The Labute approximate surface area is 347 Å². The average molecular weight is 790 g/mol. The van der Waals surface area contributed by atoms with Gasteiger partial charge in [-0.05, 0) is 59.7 Å². The molecule has 0 unspecified atom stereocenters. The van der Waals surface area contributed by atoms with Crippen LogP contribution in [0.1, 0.15) is 0 Å². The Morgan fingerprint density at radius 1 is 0.373 bits per heavy atom. The van der Waals surface area contributed by atoms with E-state index >= 15 is 0 Å². The summed E-state index contributed by atoms with van der Waals surface area (Å²) >= 11 is 3.62. The first-order chi connectivity index (χ1) is 29.2. The van der Waals surface area contributed by atoms with E-state index in [0.717, 1.165) is 65.8 Å². The molecule has 0 atom stereocenters. The van der Waals surface area contributed by atoms with Crippen molar-refractivity contribution in [3.63, 3.8) is 0 Å². The summed E-state index contributed by atoms with van der Waals surface area (Å²) in [6.45, 7) is 0. The molecule has 4 aromatic heterocycles. The lowest BCUT2D eigenvalue weighted by Gasteiger charge is -2.12. The highest BCUT2D eigenvalue weighted by Crippen LogP contribution is 2.45. The summed E-state index contributed by atoms with van der Waals surface area (Å²) in [5, 5.41) is 4.81. The Balaban J connectivity index is 1.08. The Kier molecular flexibility index (Phi) is 7.82. The molecule has 0 saturated carbocycles. The molecule has 0 aliphatic rings. The topological polar surface area (TPSA) is 56.5 Å². The van der Waals surface area contributed by atoms with Crippen LogP contribution in [0.15, 0.2) is 188 Å². The van der Waals surface area contributed by atoms with Gasteiger partial charge >= 0.3 is 0 Å². The standard InChI is InChI=1S/C52H31N5S2/c1-3-15-32(16-4-1)49-54-50(34-18-11-17-33(31-34)36-22-12-23-38-37-21-7-10-28-43(37)59-48(36)38)56-51(55-49)39-24-13-29-44-46(39)47-40(25-14-30-45(47)58-44)52-53-41-26-8-9-27-42(41)57(52)35-19-5-2-6-20-35/h1-31H. The first kappa shape index (κ1) is 33.8. The second kappa shape index (κ2) is 13.7. The van der Waals surface area contributed by atoms with Crippen LogP contribution in [0.2, 0.25) is 0 Å². The van der Waals surface area contributed by atoms with Crippen molar-refractivity contribution >= 4 is 74.1 Å². The van der Waals surface area contributed by atoms with Gasteiger partial charge in [-0.2, -0.15) is 0 Å².